The average molecular weight is 207 g/mol. The summed E-state index contributed by atoms with van der Waals surface area (Å²) < 4.78 is 10.7. The van der Waals surface area contributed by atoms with Gasteiger partial charge >= 0.3 is 0 Å². The van der Waals surface area contributed by atoms with Crippen molar-refractivity contribution in [1.82, 2.24) is 0 Å². The Morgan fingerprint density at radius 3 is 3.07 bits per heavy atom. The number of ether oxygens (including phenoxy) is 2. The Labute approximate surface area is 88.1 Å². The third-order valence-electron chi connectivity index (χ3n) is 2.43. The maximum atomic E-state index is 8.92. The summed E-state index contributed by atoms with van der Waals surface area (Å²) in [5.74, 6) is 1.49. The van der Waals surface area contributed by atoms with E-state index in [-0.39, 0.29) is 0 Å². The molecule has 1 aliphatic rings. The highest BCUT2D eigenvalue weighted by atomic mass is 16.5. The predicted octanol–water partition coefficient (Wildman–Crippen LogP) is 2.05. The normalized spacial score (nSPS) is 17.8. The van der Waals surface area contributed by atoms with Crippen LogP contribution in [0.15, 0.2) is 23.4 Å². The molecule has 1 N–H and O–H groups in total. The zero-order valence-electron chi connectivity index (χ0n) is 8.56. The first kappa shape index (κ1) is 9.83. The fourth-order valence-corrected chi connectivity index (χ4v) is 1.65. The number of benzene rings is 1. The Morgan fingerprint density at radius 2 is 2.33 bits per heavy atom. The third-order valence-corrected chi connectivity index (χ3v) is 2.43. The SMILES string of the molecule is COc1ccc2c(c1)C(=NO)CCCO2. The van der Waals surface area contributed by atoms with Crippen LogP contribution in [-0.4, -0.2) is 24.6 Å². The number of hydrogen-bond donors (Lipinski definition) is 1. The molecule has 1 aromatic carbocycles. The molecule has 0 bridgehead atoms. The van der Waals surface area contributed by atoms with Gasteiger partial charge in [-0.15, -0.1) is 0 Å². The van der Waals surface area contributed by atoms with Gasteiger partial charge in [0, 0.05) is 5.56 Å². The van der Waals surface area contributed by atoms with E-state index in [0.29, 0.717) is 12.3 Å². The molecule has 2 rings (SSSR count). The summed E-state index contributed by atoms with van der Waals surface area (Å²) >= 11 is 0. The summed E-state index contributed by atoms with van der Waals surface area (Å²) in [6, 6.07) is 5.50. The van der Waals surface area contributed by atoms with Crippen LogP contribution in [0.2, 0.25) is 0 Å². The molecule has 4 heteroatoms. The molecule has 0 spiro atoms. The first-order valence-corrected chi connectivity index (χ1v) is 4.87. The van der Waals surface area contributed by atoms with E-state index in [2.05, 4.69) is 5.16 Å². The second kappa shape index (κ2) is 4.21. The standard InChI is InChI=1S/C11H13NO3/c1-14-8-4-5-11-9(7-8)10(12-13)3-2-6-15-11/h4-5,7,13H,2-3,6H2,1H3. The van der Waals surface area contributed by atoms with Crippen molar-refractivity contribution in [2.24, 2.45) is 5.16 Å². The lowest BCUT2D eigenvalue weighted by atomic mass is 10.1. The molecular weight excluding hydrogens is 194 g/mol. The van der Waals surface area contributed by atoms with Crippen molar-refractivity contribution in [2.75, 3.05) is 13.7 Å². The molecule has 4 nitrogen and oxygen atoms in total. The monoisotopic (exact) mass is 207 g/mol. The third kappa shape index (κ3) is 1.88. The summed E-state index contributed by atoms with van der Waals surface area (Å²) in [6.45, 7) is 0.651. The van der Waals surface area contributed by atoms with Gasteiger partial charge in [-0.2, -0.15) is 0 Å². The fraction of sp³-hybridized carbons (Fsp3) is 0.364. The minimum Gasteiger partial charge on any atom is -0.497 e. The highest BCUT2D eigenvalue weighted by Gasteiger charge is 2.16. The van der Waals surface area contributed by atoms with Gasteiger partial charge in [0.1, 0.15) is 11.5 Å². The fourth-order valence-electron chi connectivity index (χ4n) is 1.65. The van der Waals surface area contributed by atoms with E-state index in [4.69, 9.17) is 14.7 Å². The molecule has 0 aromatic heterocycles. The molecule has 15 heavy (non-hydrogen) atoms. The molecule has 0 saturated carbocycles. The summed E-state index contributed by atoms with van der Waals surface area (Å²) in [4.78, 5) is 0. The minimum absolute atomic E-state index is 0.651. The Balaban J connectivity index is 2.48. The lowest BCUT2D eigenvalue weighted by molar-refractivity contribution is 0.314. The van der Waals surface area contributed by atoms with Crippen LogP contribution in [0, 0.1) is 0 Å². The number of oxime groups is 1. The Bertz CT molecular complexity index is 387. The van der Waals surface area contributed by atoms with Gasteiger partial charge in [0.2, 0.25) is 0 Å². The minimum atomic E-state index is 0.651. The first-order chi connectivity index (χ1) is 7.35. The van der Waals surface area contributed by atoms with Crippen LogP contribution in [0.3, 0.4) is 0 Å². The highest BCUT2D eigenvalue weighted by Crippen LogP contribution is 2.28. The summed E-state index contributed by atoms with van der Waals surface area (Å²) in [5.41, 5.74) is 1.47. The van der Waals surface area contributed by atoms with Gasteiger partial charge in [-0.1, -0.05) is 5.16 Å². The van der Waals surface area contributed by atoms with Crippen molar-refractivity contribution < 1.29 is 14.7 Å². The van der Waals surface area contributed by atoms with Crippen LogP contribution in [0.1, 0.15) is 18.4 Å². The number of methoxy groups -OCH3 is 1. The van der Waals surface area contributed by atoms with E-state index in [0.717, 1.165) is 29.9 Å². The number of fused-ring (bicyclic) bond motifs is 1. The van der Waals surface area contributed by atoms with Gasteiger partial charge in [-0.3, -0.25) is 0 Å². The topological polar surface area (TPSA) is 51.0 Å². The van der Waals surface area contributed by atoms with Gasteiger partial charge < -0.3 is 14.7 Å². The Morgan fingerprint density at radius 1 is 1.47 bits per heavy atom. The summed E-state index contributed by atoms with van der Waals surface area (Å²) in [7, 11) is 1.61. The highest BCUT2D eigenvalue weighted by molar-refractivity contribution is 6.03. The van der Waals surface area contributed by atoms with Gasteiger partial charge in [0.25, 0.3) is 0 Å². The largest absolute Gasteiger partial charge is 0.497 e. The van der Waals surface area contributed by atoms with Crippen molar-refractivity contribution in [3.63, 3.8) is 0 Å². The molecule has 1 heterocycles. The maximum Gasteiger partial charge on any atom is 0.128 e. The van der Waals surface area contributed by atoms with Gasteiger partial charge in [0.15, 0.2) is 0 Å². The van der Waals surface area contributed by atoms with Crippen molar-refractivity contribution in [1.29, 1.82) is 0 Å². The van der Waals surface area contributed by atoms with E-state index in [1.165, 1.54) is 0 Å². The van der Waals surface area contributed by atoms with E-state index < -0.39 is 0 Å². The van der Waals surface area contributed by atoms with E-state index in [9.17, 15) is 0 Å². The molecule has 0 aliphatic carbocycles. The molecule has 0 unspecified atom stereocenters. The smallest absolute Gasteiger partial charge is 0.128 e. The summed E-state index contributed by atoms with van der Waals surface area (Å²) in [6.07, 6.45) is 1.58. The average Bonchev–Trinajstić information content (AvgIpc) is 2.49. The zero-order valence-corrected chi connectivity index (χ0v) is 8.56. The quantitative estimate of drug-likeness (QED) is 0.566. The van der Waals surface area contributed by atoms with Crippen molar-refractivity contribution >= 4 is 5.71 Å². The molecule has 0 radical (unpaired) electrons. The molecule has 1 aliphatic heterocycles. The predicted molar refractivity (Wildman–Crippen MR) is 56.0 cm³/mol. The number of rotatable bonds is 1. The van der Waals surface area contributed by atoms with Crippen LogP contribution in [-0.2, 0) is 0 Å². The van der Waals surface area contributed by atoms with Crippen LogP contribution < -0.4 is 9.47 Å². The van der Waals surface area contributed by atoms with Crippen molar-refractivity contribution in [3.05, 3.63) is 23.8 Å². The second-order valence-corrected chi connectivity index (χ2v) is 3.36. The van der Waals surface area contributed by atoms with Gasteiger partial charge in [-0.05, 0) is 31.0 Å². The van der Waals surface area contributed by atoms with E-state index >= 15 is 0 Å². The van der Waals surface area contributed by atoms with E-state index in [1.54, 1.807) is 7.11 Å². The lowest BCUT2D eigenvalue weighted by Gasteiger charge is -2.08. The van der Waals surface area contributed by atoms with Crippen molar-refractivity contribution in [2.45, 2.75) is 12.8 Å². The molecule has 0 saturated heterocycles. The zero-order chi connectivity index (χ0) is 10.7. The van der Waals surface area contributed by atoms with Crippen LogP contribution in [0.4, 0.5) is 0 Å². The second-order valence-electron chi connectivity index (χ2n) is 3.36. The van der Waals surface area contributed by atoms with Crippen molar-refractivity contribution in [3.8, 4) is 11.5 Å². The van der Waals surface area contributed by atoms with E-state index in [1.807, 2.05) is 18.2 Å². The molecular formula is C11H13NO3. The molecule has 80 valence electrons. The lowest BCUT2D eigenvalue weighted by Crippen LogP contribution is -2.00. The maximum absolute atomic E-state index is 8.92. The van der Waals surface area contributed by atoms with Crippen LogP contribution in [0.5, 0.6) is 11.5 Å². The molecule has 1 aromatic rings. The summed E-state index contributed by atoms with van der Waals surface area (Å²) in [5, 5.41) is 12.2. The molecule has 0 fully saturated rings. The Hall–Kier alpha value is -1.71. The molecule has 0 amide bonds. The van der Waals surface area contributed by atoms with Gasteiger partial charge in [-0.25, -0.2) is 0 Å². The number of nitrogens with zero attached hydrogens (tertiary/aromatic N) is 1. The van der Waals surface area contributed by atoms with Crippen LogP contribution >= 0.6 is 0 Å². The van der Waals surface area contributed by atoms with Crippen LogP contribution in [0.25, 0.3) is 0 Å². The molecule has 0 atom stereocenters. The Kier molecular flexibility index (Phi) is 2.76. The van der Waals surface area contributed by atoms with Gasteiger partial charge in [0.05, 0.1) is 19.4 Å². The number of hydrogen-bond acceptors (Lipinski definition) is 4. The first-order valence-electron chi connectivity index (χ1n) is 4.87.